The first-order valence-electron chi connectivity index (χ1n) is 24.3. The molecule has 4 aromatic carbocycles. The Bertz CT molecular complexity index is 3850. The van der Waals surface area contributed by atoms with Crippen molar-refractivity contribution in [3.63, 3.8) is 0 Å². The number of amides is 2. The fraction of sp³-hybridized carbons (Fsp3) is 0.185. The number of β-amino-alcohol motifs (C(OH)–C–C–N with tert-alkyl or cyclic N) is 1. The van der Waals surface area contributed by atoms with Gasteiger partial charge in [0.25, 0.3) is 11.8 Å². The molecule has 2 aliphatic rings. The molecule has 0 radical (unpaired) electrons. The highest BCUT2D eigenvalue weighted by atomic mass is 19.3. The summed E-state index contributed by atoms with van der Waals surface area (Å²) in [5.74, 6) is 0.476. The summed E-state index contributed by atoms with van der Waals surface area (Å²) in [4.78, 5) is 36.7. The van der Waals surface area contributed by atoms with Crippen LogP contribution in [-0.4, -0.2) is 118 Å². The maximum atomic E-state index is 13.3. The minimum absolute atomic E-state index is 0.0356. The third kappa shape index (κ3) is 10.8. The van der Waals surface area contributed by atoms with E-state index >= 15 is 0 Å². The number of aliphatic hydroxyl groups is 1. The third-order valence-electron chi connectivity index (χ3n) is 13.1. The average molecular weight is 1080 g/mol. The van der Waals surface area contributed by atoms with Crippen molar-refractivity contribution in [2.45, 2.75) is 31.2 Å². The number of fused-ring (bicyclic) bond motifs is 2. The molecule has 0 atom stereocenters. The molecule has 10 aromatic rings. The van der Waals surface area contributed by atoms with Gasteiger partial charge in [-0.3, -0.25) is 19.8 Å². The molecule has 0 saturated carbocycles. The number of rotatable bonds is 16. The number of nitrogens with one attached hydrogen (secondary N) is 5. The number of H-pyrrole nitrogens is 2. The zero-order valence-electron chi connectivity index (χ0n) is 41.8. The van der Waals surface area contributed by atoms with Gasteiger partial charge in [-0.2, -0.15) is 38.0 Å². The number of carbonyl (C=O) groups is 2. The molecule has 21 nitrogen and oxygen atoms in total. The second-order valence-corrected chi connectivity index (χ2v) is 18.8. The molecule has 0 bridgehead atoms. The van der Waals surface area contributed by atoms with Gasteiger partial charge in [0.15, 0.2) is 11.3 Å². The second kappa shape index (κ2) is 21.4. The van der Waals surface area contributed by atoms with Crippen molar-refractivity contribution in [1.29, 1.82) is 0 Å². The number of hydrogen-bond donors (Lipinski definition) is 6. The molecule has 8 heterocycles. The third-order valence-corrected chi connectivity index (χ3v) is 13.1. The highest BCUT2D eigenvalue weighted by Gasteiger charge is 2.38. The first kappa shape index (κ1) is 51.4. The van der Waals surface area contributed by atoms with Gasteiger partial charge in [0.05, 0.1) is 47.6 Å². The van der Waals surface area contributed by atoms with E-state index in [-0.39, 0.29) is 61.9 Å². The average Bonchev–Trinajstić information content (AvgIpc) is 4.33. The van der Waals surface area contributed by atoms with E-state index in [1.54, 1.807) is 67.1 Å². The molecule has 6 N–H and O–H groups in total. The largest absolute Gasteiger partial charge is 0.457 e. The minimum Gasteiger partial charge on any atom is -0.457 e. The summed E-state index contributed by atoms with van der Waals surface area (Å²) in [6, 6.07) is 27.0. The summed E-state index contributed by atoms with van der Waals surface area (Å²) in [6.07, 6.45) is 11.9. The predicted octanol–water partition coefficient (Wildman–Crippen LogP) is 8.52. The Labute approximate surface area is 445 Å². The lowest BCUT2D eigenvalue weighted by molar-refractivity contribution is -0.0501. The molecule has 2 aliphatic heterocycles. The molecule has 402 valence electrons. The Morgan fingerprint density at radius 3 is 1.56 bits per heavy atom. The van der Waals surface area contributed by atoms with Crippen LogP contribution >= 0.6 is 0 Å². The normalized spacial score (nSPS) is 14.5. The molecule has 0 unspecified atom stereocenters. The number of ether oxygens (including phenoxy) is 4. The number of carbonyl (C=O) groups excluding carboxylic acids is 2. The fourth-order valence-electron chi connectivity index (χ4n) is 9.41. The Morgan fingerprint density at radius 1 is 0.633 bits per heavy atom. The van der Waals surface area contributed by atoms with Crippen LogP contribution < -0.4 is 34.9 Å². The number of anilines is 2. The number of halogens is 4. The van der Waals surface area contributed by atoms with Gasteiger partial charge in [-0.15, -0.1) is 0 Å². The molecule has 6 aromatic heterocycles. The lowest BCUT2D eigenvalue weighted by atomic mass is 9.76. The summed E-state index contributed by atoms with van der Waals surface area (Å²) in [5, 5.41) is 40.9. The Morgan fingerprint density at radius 2 is 1.10 bits per heavy atom. The molecule has 25 heteroatoms. The van der Waals surface area contributed by atoms with Gasteiger partial charge < -0.3 is 44.9 Å². The molecule has 12 rings (SSSR count). The lowest BCUT2D eigenvalue weighted by Gasteiger charge is -2.46. The van der Waals surface area contributed by atoms with E-state index in [9.17, 15) is 32.3 Å². The van der Waals surface area contributed by atoms with E-state index in [2.05, 4.69) is 81.4 Å². The number of benzene rings is 4. The van der Waals surface area contributed by atoms with Gasteiger partial charge in [-0.25, -0.2) is 19.0 Å². The van der Waals surface area contributed by atoms with Crippen LogP contribution in [0.4, 0.5) is 28.9 Å². The summed E-state index contributed by atoms with van der Waals surface area (Å²) in [7, 11) is 2.08. The molecule has 79 heavy (non-hydrogen) atoms. The van der Waals surface area contributed by atoms with E-state index in [4.69, 9.17) is 18.9 Å². The highest BCUT2D eigenvalue weighted by Crippen LogP contribution is 2.42. The van der Waals surface area contributed by atoms with Crippen LogP contribution in [0.3, 0.4) is 0 Å². The first-order valence-corrected chi connectivity index (χ1v) is 24.3. The Balaban J connectivity index is 0.000000167. The van der Waals surface area contributed by atoms with E-state index in [1.165, 1.54) is 64.3 Å². The van der Waals surface area contributed by atoms with Crippen LogP contribution in [0.15, 0.2) is 147 Å². The Kier molecular flexibility index (Phi) is 13.9. The minimum atomic E-state index is -3.09. The summed E-state index contributed by atoms with van der Waals surface area (Å²) in [6.45, 7) is -1.19. The summed E-state index contributed by atoms with van der Waals surface area (Å²) < 4.78 is 77.6. The van der Waals surface area contributed by atoms with Crippen LogP contribution in [0.1, 0.15) is 38.8 Å². The van der Waals surface area contributed by atoms with E-state index < -0.39 is 30.6 Å². The van der Waals surface area contributed by atoms with Crippen molar-refractivity contribution in [3.05, 3.63) is 169 Å². The van der Waals surface area contributed by atoms with E-state index in [1.807, 2.05) is 18.2 Å². The SMILES string of the molecule is CN1CC(C)(c2cccc(Oc3ccc(OC(F)F)c(-c4[nH]ncc4NC(=O)c4cnn5cccnc45)c3)c2)C1.O=C(Nc1cn[nH]c1-c1cc(Oc2cccc(C3(O)CNC3)c2)ccc1OC(F)F)c1cnn2cccnc12. The van der Waals surface area contributed by atoms with Crippen LogP contribution in [-0.2, 0) is 11.0 Å². The molecular formula is C54H46F4N14O7. The topological polar surface area (TPSA) is 248 Å². The maximum absolute atomic E-state index is 13.3. The zero-order chi connectivity index (χ0) is 54.8. The second-order valence-electron chi connectivity index (χ2n) is 18.8. The monoisotopic (exact) mass is 1080 g/mol. The van der Waals surface area contributed by atoms with Gasteiger partial charge in [-0.1, -0.05) is 31.2 Å². The number of likely N-dealkylation sites (N-methyl/N-ethyl adjacent to an activating group) is 1. The molecule has 2 amide bonds. The van der Waals surface area contributed by atoms with Crippen molar-refractivity contribution >= 4 is 34.5 Å². The van der Waals surface area contributed by atoms with Crippen LogP contribution in [0, 0.1) is 0 Å². The number of nitrogens with zero attached hydrogens (tertiary/aromatic N) is 9. The van der Waals surface area contributed by atoms with E-state index in [0.717, 1.165) is 18.7 Å². The first-order chi connectivity index (χ1) is 38.2. The lowest BCUT2D eigenvalue weighted by Crippen LogP contribution is -2.56. The number of aromatic amines is 2. The number of aromatic nitrogens is 10. The number of hydrogen-bond acceptors (Lipinski definition) is 15. The molecular weight excluding hydrogens is 1030 g/mol. The van der Waals surface area contributed by atoms with Crippen LogP contribution in [0.25, 0.3) is 33.8 Å². The van der Waals surface area contributed by atoms with E-state index in [0.29, 0.717) is 52.9 Å². The number of alkyl halides is 4. The summed E-state index contributed by atoms with van der Waals surface area (Å²) in [5.41, 5.74) is 3.43. The van der Waals surface area contributed by atoms with Gasteiger partial charge in [0, 0.05) is 67.5 Å². The van der Waals surface area contributed by atoms with Crippen molar-refractivity contribution in [2.24, 2.45) is 0 Å². The van der Waals surface area contributed by atoms with Gasteiger partial charge in [0.1, 0.15) is 51.2 Å². The molecule has 0 spiro atoms. The van der Waals surface area contributed by atoms with Gasteiger partial charge in [0.2, 0.25) is 0 Å². The standard InChI is InChI=1S/C28H25F2N7O3.C26H21F2N7O4/c1-28(15-36(2)16-28)17-5-3-6-18(11-17)39-19-7-8-23(40-27(29)30)20(12-19)24-22(14-32-35-24)34-26(38)21-13-33-37-10-4-9-31-25(21)37;27-25(28)39-21-6-5-17(38-16-4-1-3-15(9-16)26(37)13-29-14-26)10-18(21)22-20(12-31-34-22)33-24(36)19-11-32-35-8-2-7-30-23(19)35/h3-14,27H,15-16H2,1-2H3,(H,32,35)(H,34,38);1-12,25,29,37H,13-14H2,(H,31,34)(H,33,36). The van der Waals surface area contributed by atoms with Crippen molar-refractivity contribution in [3.8, 4) is 57.0 Å². The smallest absolute Gasteiger partial charge is 0.387 e. The Hall–Kier alpha value is -9.72. The number of likely N-dealkylation sites (tertiary alicyclic amines) is 1. The van der Waals surface area contributed by atoms with Crippen LogP contribution in [0.5, 0.6) is 34.5 Å². The van der Waals surface area contributed by atoms with Gasteiger partial charge in [-0.05, 0) is 91.0 Å². The molecule has 0 aliphatic carbocycles. The van der Waals surface area contributed by atoms with Crippen molar-refractivity contribution in [2.75, 3.05) is 43.9 Å². The quantitative estimate of drug-likeness (QED) is 0.0496. The fourth-order valence-corrected chi connectivity index (χ4v) is 9.41. The highest BCUT2D eigenvalue weighted by molar-refractivity contribution is 6.10. The predicted molar refractivity (Wildman–Crippen MR) is 278 cm³/mol. The summed E-state index contributed by atoms with van der Waals surface area (Å²) >= 11 is 0. The van der Waals surface area contributed by atoms with Crippen molar-refractivity contribution < 1.29 is 51.2 Å². The molecule has 2 saturated heterocycles. The van der Waals surface area contributed by atoms with Gasteiger partial charge >= 0.3 is 13.2 Å². The van der Waals surface area contributed by atoms with Crippen LogP contribution in [0.2, 0.25) is 0 Å². The van der Waals surface area contributed by atoms with Crippen molar-refractivity contribution in [1.82, 2.24) is 59.8 Å². The maximum Gasteiger partial charge on any atom is 0.387 e. The zero-order valence-corrected chi connectivity index (χ0v) is 41.8. The molecule has 2 fully saturated rings.